The van der Waals surface area contributed by atoms with Crippen LogP contribution >= 0.6 is 6.49 Å². The first-order valence-electron chi connectivity index (χ1n) is 11.5. The number of hydrogen-bond acceptors (Lipinski definition) is 10. The van der Waals surface area contributed by atoms with Crippen LogP contribution in [0.1, 0.15) is 19.3 Å². The normalized spacial score (nSPS) is 13.5. The van der Waals surface area contributed by atoms with Gasteiger partial charge in [0.25, 0.3) is 0 Å². The lowest BCUT2D eigenvalue weighted by Crippen LogP contribution is -2.44. The first-order chi connectivity index (χ1) is 16.7. The summed E-state index contributed by atoms with van der Waals surface area (Å²) in [6.07, 6.45) is 2.39. The van der Waals surface area contributed by atoms with Crippen molar-refractivity contribution < 1.29 is 39.8 Å². The Bertz CT molecular complexity index is 492. The van der Waals surface area contributed by atoms with Crippen LogP contribution in [0, 0.1) is 0 Å². The molecule has 3 N–H and O–H groups in total. The second-order valence-corrected chi connectivity index (χ2v) is 20.6. The van der Waals surface area contributed by atoms with E-state index in [2.05, 4.69) is 15.3 Å². The molecule has 0 saturated heterocycles. The fourth-order valence-electron chi connectivity index (χ4n) is 3.46. The number of rotatable bonds is 24. The van der Waals surface area contributed by atoms with Gasteiger partial charge in [0.15, 0.2) is 0 Å². The minimum Gasteiger partial charge on any atom is -0.377 e. The Hall–Kier alpha value is 0.821. The second-order valence-electron chi connectivity index (χ2n) is 7.53. The maximum Gasteiger partial charge on any atom is 0.500 e. The summed E-state index contributed by atoms with van der Waals surface area (Å²) in [4.78, 5) is 0. The van der Waals surface area contributed by atoms with Gasteiger partial charge < -0.3 is 39.8 Å². The molecule has 35 heavy (non-hydrogen) atoms. The largest absolute Gasteiger partial charge is 0.500 e. The third-order valence-corrected chi connectivity index (χ3v) is 17.4. The fourth-order valence-corrected chi connectivity index (χ4v) is 11.2. The molecule has 0 aromatic rings. The monoisotopic (exact) mass is 597 g/mol. The van der Waals surface area contributed by atoms with Crippen molar-refractivity contribution in [1.82, 2.24) is 15.3 Å². The van der Waals surface area contributed by atoms with Crippen molar-refractivity contribution in [3.8, 4) is 0 Å². The average Bonchev–Trinajstić information content (AvgIpc) is 2.90. The molecule has 0 amide bonds. The van der Waals surface area contributed by atoms with E-state index >= 15 is 0 Å². The van der Waals surface area contributed by atoms with E-state index in [0.29, 0.717) is 37.8 Å². The number of hydrogen-bond donors (Lipinski definition) is 3. The van der Waals surface area contributed by atoms with Crippen LogP contribution in [0.2, 0.25) is 18.1 Å². The van der Waals surface area contributed by atoms with Gasteiger partial charge in [0, 0.05) is 102 Å². The van der Waals surface area contributed by atoms with E-state index in [1.165, 1.54) is 0 Å². The van der Waals surface area contributed by atoms with Gasteiger partial charge >= 0.3 is 26.4 Å². The summed E-state index contributed by atoms with van der Waals surface area (Å²) in [5, 5.41) is 10.5. The van der Waals surface area contributed by atoms with Gasteiger partial charge in [-0.1, -0.05) is 0 Å². The molecule has 0 aromatic carbocycles. The highest BCUT2D eigenvalue weighted by Gasteiger charge is 2.39. The molecule has 0 unspecified atom stereocenters. The molecule has 0 aliphatic rings. The molecule has 0 saturated carbocycles. The SMILES string of the molecule is CO[Si](CCCNP(=S)(NCCC[Si](OC)(OC)OC)NCCC[Si](OC)(OC)OC)(OC)OC. The molecule has 12 nitrogen and oxygen atoms in total. The van der Waals surface area contributed by atoms with Gasteiger partial charge in [0.2, 0.25) is 0 Å². The first kappa shape index (κ1) is 35.8. The van der Waals surface area contributed by atoms with Crippen molar-refractivity contribution in [2.75, 3.05) is 83.6 Å². The highest BCUT2D eigenvalue weighted by molar-refractivity contribution is 8.11. The van der Waals surface area contributed by atoms with Crippen molar-refractivity contribution in [3.05, 3.63) is 0 Å². The van der Waals surface area contributed by atoms with Crippen molar-refractivity contribution in [3.63, 3.8) is 0 Å². The van der Waals surface area contributed by atoms with Gasteiger partial charge in [-0.3, -0.25) is 15.3 Å². The van der Waals surface area contributed by atoms with E-state index < -0.39 is 32.9 Å². The Morgan fingerprint density at radius 2 is 0.657 bits per heavy atom. The third kappa shape index (κ3) is 12.5. The highest BCUT2D eigenvalue weighted by Crippen LogP contribution is 2.32. The molecular weight excluding hydrogens is 550 g/mol. The lowest BCUT2D eigenvalue weighted by atomic mass is 10.5. The van der Waals surface area contributed by atoms with Crippen molar-refractivity contribution >= 4 is 44.7 Å². The third-order valence-electron chi connectivity index (χ3n) is 5.78. The van der Waals surface area contributed by atoms with Crippen LogP contribution in [-0.2, 0) is 51.6 Å². The lowest BCUT2D eigenvalue weighted by Gasteiger charge is -2.29. The number of nitrogens with one attached hydrogen (secondary N) is 3. The van der Waals surface area contributed by atoms with E-state index in [1.54, 1.807) is 64.0 Å². The van der Waals surface area contributed by atoms with E-state index in [-0.39, 0.29) is 0 Å². The zero-order valence-electron chi connectivity index (χ0n) is 22.9. The summed E-state index contributed by atoms with van der Waals surface area (Å²) in [5.41, 5.74) is 0. The zero-order chi connectivity index (χ0) is 26.8. The lowest BCUT2D eigenvalue weighted by molar-refractivity contribution is 0.122. The minimum absolute atomic E-state index is 0.682. The van der Waals surface area contributed by atoms with E-state index in [1.807, 2.05) is 0 Å². The Labute approximate surface area is 220 Å². The molecule has 0 fully saturated rings. The Morgan fingerprint density at radius 1 is 0.457 bits per heavy atom. The van der Waals surface area contributed by atoms with E-state index in [9.17, 15) is 0 Å². The average molecular weight is 598 g/mol. The molecular formula is C18H48N3O9PSSi3. The van der Waals surface area contributed by atoms with Crippen LogP contribution in [-0.4, -0.2) is 110 Å². The maximum atomic E-state index is 6.01. The zero-order valence-corrected chi connectivity index (χ0v) is 27.6. The molecule has 0 aliphatic heterocycles. The molecule has 0 atom stereocenters. The van der Waals surface area contributed by atoms with Gasteiger partial charge in [0.1, 0.15) is 6.49 Å². The first-order valence-corrected chi connectivity index (χ1v) is 20.1. The molecule has 0 heterocycles. The van der Waals surface area contributed by atoms with Crippen molar-refractivity contribution in [2.24, 2.45) is 0 Å². The van der Waals surface area contributed by atoms with Crippen LogP contribution in [0.25, 0.3) is 0 Å². The molecule has 0 aromatic heterocycles. The van der Waals surface area contributed by atoms with Crippen LogP contribution in [0.4, 0.5) is 0 Å². The van der Waals surface area contributed by atoms with Crippen molar-refractivity contribution in [1.29, 1.82) is 0 Å². The summed E-state index contributed by atoms with van der Waals surface area (Å²) < 4.78 is 49.6. The Balaban J connectivity index is 4.98. The fraction of sp³-hybridized carbons (Fsp3) is 1.00. The molecule has 0 spiro atoms. The maximum absolute atomic E-state index is 6.01. The van der Waals surface area contributed by atoms with Gasteiger partial charge in [-0.05, 0) is 31.1 Å². The molecule has 17 heteroatoms. The summed E-state index contributed by atoms with van der Waals surface area (Å²) >= 11 is 6.01. The summed E-state index contributed by atoms with van der Waals surface area (Å²) in [6.45, 7) is -0.232. The predicted octanol–water partition coefficient (Wildman–Crippen LogP) is 1.78. The highest BCUT2D eigenvalue weighted by atomic mass is 32.4. The second kappa shape index (κ2) is 19.0. The van der Waals surface area contributed by atoms with Gasteiger partial charge in [-0.25, -0.2) is 0 Å². The topological polar surface area (TPSA) is 119 Å². The standard InChI is InChI=1S/C18H48N3O9PSSi3/c1-22-33(23-2,24-3)16-10-13-19-31(32,20-14-11-17-34(25-4,26-5)27-6)21-15-12-18-35(28-7,29-8)30-9/h10-18H2,1-9H3,(H3,19,20,21,32). The van der Waals surface area contributed by atoms with Gasteiger partial charge in [0.05, 0.1) is 0 Å². The van der Waals surface area contributed by atoms with Gasteiger partial charge in [-0.2, -0.15) is 0 Å². The summed E-state index contributed by atoms with van der Waals surface area (Å²) in [7, 11) is 6.70. The van der Waals surface area contributed by atoms with Crippen LogP contribution in [0.15, 0.2) is 0 Å². The quantitative estimate of drug-likeness (QED) is 0.0853. The van der Waals surface area contributed by atoms with E-state index in [4.69, 9.17) is 51.6 Å². The van der Waals surface area contributed by atoms with Crippen molar-refractivity contribution in [2.45, 2.75) is 37.4 Å². The molecule has 0 radical (unpaired) electrons. The van der Waals surface area contributed by atoms with Gasteiger partial charge in [-0.15, -0.1) is 0 Å². The molecule has 0 bridgehead atoms. The smallest absolute Gasteiger partial charge is 0.377 e. The van der Waals surface area contributed by atoms with Crippen LogP contribution < -0.4 is 15.3 Å². The molecule has 0 rings (SSSR count). The summed E-state index contributed by atoms with van der Waals surface area (Å²) in [5.74, 6) is 0. The van der Waals surface area contributed by atoms with E-state index in [0.717, 1.165) is 19.3 Å². The summed E-state index contributed by atoms with van der Waals surface area (Å²) in [6, 6.07) is 2.06. The van der Waals surface area contributed by atoms with Crippen LogP contribution in [0.3, 0.4) is 0 Å². The molecule has 0 aliphatic carbocycles. The minimum atomic E-state index is -2.62. The Morgan fingerprint density at radius 3 is 0.829 bits per heavy atom. The predicted molar refractivity (Wildman–Crippen MR) is 147 cm³/mol. The molecule has 212 valence electrons. The van der Waals surface area contributed by atoms with Crippen LogP contribution in [0.5, 0.6) is 0 Å². The Kier molecular flexibility index (Phi) is 19.4.